The maximum atomic E-state index is 12.2. The van der Waals surface area contributed by atoms with Crippen LogP contribution in [0.3, 0.4) is 0 Å². The summed E-state index contributed by atoms with van der Waals surface area (Å²) in [6, 6.07) is 0.143. The van der Waals surface area contributed by atoms with E-state index >= 15 is 0 Å². The number of nitrogens with zero attached hydrogens (tertiary/aromatic N) is 4. The molecular weight excluding hydrogens is 308 g/mol. The van der Waals surface area contributed by atoms with Crippen LogP contribution in [0.1, 0.15) is 38.1 Å². The fourth-order valence-electron chi connectivity index (χ4n) is 3.82. The monoisotopic (exact) mass is 328 g/mol. The summed E-state index contributed by atoms with van der Waals surface area (Å²) in [6.07, 6.45) is 6.67. The number of H-pyrrole nitrogens is 1. The van der Waals surface area contributed by atoms with Crippen LogP contribution in [0.25, 0.3) is 11.0 Å². The third kappa shape index (κ3) is 2.09. The van der Waals surface area contributed by atoms with E-state index in [9.17, 15) is 9.59 Å². The molecule has 0 radical (unpaired) electrons. The molecule has 5 rings (SSSR count). The van der Waals surface area contributed by atoms with Crippen molar-refractivity contribution in [2.75, 3.05) is 18.0 Å². The Kier molecular flexibility index (Phi) is 2.75. The highest BCUT2D eigenvalue weighted by Crippen LogP contribution is 2.44. The van der Waals surface area contributed by atoms with Gasteiger partial charge in [-0.05, 0) is 38.0 Å². The van der Waals surface area contributed by atoms with Gasteiger partial charge in [0, 0.05) is 30.9 Å². The lowest BCUT2D eigenvalue weighted by Gasteiger charge is -2.20. The Morgan fingerprint density at radius 3 is 2.75 bits per heavy atom. The molecule has 0 aromatic carbocycles. The molecule has 2 aromatic rings. The van der Waals surface area contributed by atoms with E-state index in [1.807, 2.05) is 0 Å². The highest BCUT2D eigenvalue weighted by Gasteiger charge is 2.48. The fourth-order valence-corrected chi connectivity index (χ4v) is 3.82. The number of anilines is 1. The zero-order chi connectivity index (χ0) is 16.5. The molecule has 3 N–H and O–H groups in total. The van der Waals surface area contributed by atoms with Gasteiger partial charge in [-0.25, -0.2) is 9.78 Å². The highest BCUT2D eigenvalue weighted by molar-refractivity contribution is 5.74. The lowest BCUT2D eigenvalue weighted by atomic mass is 9.98. The second kappa shape index (κ2) is 4.66. The summed E-state index contributed by atoms with van der Waals surface area (Å²) in [5.74, 6) is 1.07. The van der Waals surface area contributed by atoms with Gasteiger partial charge in [-0.2, -0.15) is 4.98 Å². The summed E-state index contributed by atoms with van der Waals surface area (Å²) >= 11 is 0. The van der Waals surface area contributed by atoms with Crippen molar-refractivity contribution in [3.63, 3.8) is 0 Å². The zero-order valence-corrected chi connectivity index (χ0v) is 13.4. The van der Waals surface area contributed by atoms with E-state index in [4.69, 9.17) is 5.73 Å². The third-order valence-corrected chi connectivity index (χ3v) is 5.69. The summed E-state index contributed by atoms with van der Waals surface area (Å²) in [4.78, 5) is 37.7. The van der Waals surface area contributed by atoms with E-state index in [-0.39, 0.29) is 17.3 Å². The first kappa shape index (κ1) is 14.2. The molecule has 2 aromatic heterocycles. The minimum atomic E-state index is -0.420. The smallest absolute Gasteiger partial charge is 0.330 e. The van der Waals surface area contributed by atoms with Crippen LogP contribution in [0.4, 0.5) is 5.95 Å². The van der Waals surface area contributed by atoms with Crippen LogP contribution in [0.15, 0.2) is 15.8 Å². The Morgan fingerprint density at radius 1 is 1.25 bits per heavy atom. The molecule has 3 aliphatic rings. The molecule has 0 bridgehead atoms. The maximum Gasteiger partial charge on any atom is 0.330 e. The molecule has 0 spiro atoms. The average Bonchev–Trinajstić information content (AvgIpc) is 3.47. The summed E-state index contributed by atoms with van der Waals surface area (Å²) in [6.45, 7) is 1.71. The minimum Gasteiger partial charge on any atom is -0.340 e. The largest absolute Gasteiger partial charge is 0.340 e. The van der Waals surface area contributed by atoms with Crippen LogP contribution in [0, 0.1) is 5.92 Å². The molecule has 126 valence electrons. The van der Waals surface area contributed by atoms with Crippen molar-refractivity contribution in [3.05, 3.63) is 27.0 Å². The van der Waals surface area contributed by atoms with Crippen molar-refractivity contribution in [3.8, 4) is 0 Å². The van der Waals surface area contributed by atoms with E-state index < -0.39 is 5.56 Å². The van der Waals surface area contributed by atoms with Crippen molar-refractivity contribution in [2.45, 2.75) is 43.7 Å². The predicted octanol–water partition coefficient (Wildman–Crippen LogP) is 0.132. The van der Waals surface area contributed by atoms with E-state index in [2.05, 4.69) is 19.9 Å². The standard InChI is InChI=1S/C16H20N6O2/c17-16(4-5-16)9-3-6-21(8-9)14-18-7-11-12(19-14)22(10-1-2-10)15(24)20-13(11)23/h7,9-10H,1-6,8,17H2,(H,20,23,24). The van der Waals surface area contributed by atoms with Gasteiger partial charge in [0.2, 0.25) is 5.95 Å². The summed E-state index contributed by atoms with van der Waals surface area (Å²) < 4.78 is 1.61. The third-order valence-electron chi connectivity index (χ3n) is 5.69. The Bertz CT molecular complexity index is 940. The van der Waals surface area contributed by atoms with Crippen LogP contribution >= 0.6 is 0 Å². The molecule has 1 aliphatic heterocycles. The quantitative estimate of drug-likeness (QED) is 0.829. The normalized spacial score (nSPS) is 25.4. The Labute approximate surface area is 137 Å². The molecule has 24 heavy (non-hydrogen) atoms. The number of nitrogens with two attached hydrogens (primary N) is 1. The van der Waals surface area contributed by atoms with Gasteiger partial charge in [0.15, 0.2) is 5.65 Å². The van der Waals surface area contributed by atoms with Gasteiger partial charge in [-0.3, -0.25) is 14.3 Å². The Morgan fingerprint density at radius 2 is 2.04 bits per heavy atom. The van der Waals surface area contributed by atoms with E-state index in [0.717, 1.165) is 45.2 Å². The van der Waals surface area contributed by atoms with Crippen molar-refractivity contribution in [1.82, 2.24) is 19.5 Å². The molecule has 8 nitrogen and oxygen atoms in total. The molecule has 1 saturated heterocycles. The number of fused-ring (bicyclic) bond motifs is 1. The summed E-state index contributed by atoms with van der Waals surface area (Å²) in [5.41, 5.74) is 5.99. The van der Waals surface area contributed by atoms with Crippen molar-refractivity contribution < 1.29 is 0 Å². The van der Waals surface area contributed by atoms with Crippen molar-refractivity contribution in [2.24, 2.45) is 11.7 Å². The zero-order valence-electron chi connectivity index (χ0n) is 13.4. The maximum absolute atomic E-state index is 12.2. The van der Waals surface area contributed by atoms with E-state index in [1.165, 1.54) is 6.20 Å². The van der Waals surface area contributed by atoms with Gasteiger partial charge in [0.1, 0.15) is 5.39 Å². The van der Waals surface area contributed by atoms with Crippen LogP contribution in [0.2, 0.25) is 0 Å². The van der Waals surface area contributed by atoms with Crippen molar-refractivity contribution in [1.29, 1.82) is 0 Å². The lowest BCUT2D eigenvalue weighted by Crippen LogP contribution is -2.35. The second-order valence-corrected chi connectivity index (χ2v) is 7.43. The number of aromatic amines is 1. The Balaban J connectivity index is 1.57. The molecule has 3 heterocycles. The first-order valence-electron chi connectivity index (χ1n) is 8.60. The van der Waals surface area contributed by atoms with Crippen LogP contribution in [-0.4, -0.2) is 38.1 Å². The van der Waals surface area contributed by atoms with Gasteiger partial charge >= 0.3 is 5.69 Å². The SMILES string of the molecule is NC1(C2CCN(c3ncc4c(=O)[nH]c(=O)n(C5CC5)c4n3)C2)CC1. The van der Waals surface area contributed by atoms with E-state index in [0.29, 0.717) is 22.9 Å². The molecule has 1 unspecified atom stereocenters. The lowest BCUT2D eigenvalue weighted by molar-refractivity contribution is 0.442. The molecule has 2 aliphatic carbocycles. The molecular formula is C16H20N6O2. The number of nitrogens with one attached hydrogen (secondary N) is 1. The minimum absolute atomic E-state index is 0.00113. The number of hydrogen-bond acceptors (Lipinski definition) is 6. The number of hydrogen-bond donors (Lipinski definition) is 2. The average molecular weight is 328 g/mol. The van der Waals surface area contributed by atoms with Crippen molar-refractivity contribution >= 4 is 17.0 Å². The van der Waals surface area contributed by atoms with Crippen LogP contribution < -0.4 is 21.9 Å². The van der Waals surface area contributed by atoms with Gasteiger partial charge < -0.3 is 10.6 Å². The number of aromatic nitrogens is 4. The van der Waals surface area contributed by atoms with Gasteiger partial charge in [0.25, 0.3) is 5.56 Å². The van der Waals surface area contributed by atoms with Gasteiger partial charge in [-0.15, -0.1) is 0 Å². The first-order chi connectivity index (χ1) is 11.5. The van der Waals surface area contributed by atoms with Crippen LogP contribution in [-0.2, 0) is 0 Å². The first-order valence-corrected chi connectivity index (χ1v) is 8.60. The predicted molar refractivity (Wildman–Crippen MR) is 89.2 cm³/mol. The number of rotatable bonds is 3. The van der Waals surface area contributed by atoms with E-state index in [1.54, 1.807) is 4.57 Å². The van der Waals surface area contributed by atoms with Crippen LogP contribution in [0.5, 0.6) is 0 Å². The summed E-state index contributed by atoms with van der Waals surface area (Å²) in [5, 5.41) is 0.374. The molecule has 8 heteroatoms. The van der Waals surface area contributed by atoms with Gasteiger partial charge in [0.05, 0.1) is 0 Å². The molecule has 1 atom stereocenters. The summed E-state index contributed by atoms with van der Waals surface area (Å²) in [7, 11) is 0. The fraction of sp³-hybridized carbons (Fsp3) is 0.625. The highest BCUT2D eigenvalue weighted by atomic mass is 16.2. The Hall–Kier alpha value is -2.22. The molecule has 0 amide bonds. The second-order valence-electron chi connectivity index (χ2n) is 7.43. The van der Waals surface area contributed by atoms with Gasteiger partial charge in [-0.1, -0.05) is 0 Å². The molecule has 2 saturated carbocycles. The molecule has 3 fully saturated rings. The topological polar surface area (TPSA) is 110 Å².